The third-order valence-electron chi connectivity index (χ3n) is 3.05. The number of benzene rings is 1. The van der Waals surface area contributed by atoms with Gasteiger partial charge in [-0.1, -0.05) is 6.07 Å². The summed E-state index contributed by atoms with van der Waals surface area (Å²) in [5.41, 5.74) is 8.08. The van der Waals surface area contributed by atoms with Crippen molar-refractivity contribution in [2.24, 2.45) is 0 Å². The lowest BCUT2D eigenvalue weighted by atomic mass is 10.1. The fraction of sp³-hybridized carbons (Fsp3) is 0.385. The Bertz CT molecular complexity index is 695. The van der Waals surface area contributed by atoms with Crippen LogP contribution >= 0.6 is 0 Å². The van der Waals surface area contributed by atoms with Crippen molar-refractivity contribution in [2.45, 2.75) is 25.7 Å². The van der Waals surface area contributed by atoms with Crippen LogP contribution in [-0.4, -0.2) is 25.8 Å². The predicted octanol–water partition coefficient (Wildman–Crippen LogP) is 1.23. The third-order valence-corrected chi connectivity index (χ3v) is 5.13. The number of nitrogens with two attached hydrogens (primary N) is 1. The second kappa shape index (κ2) is 5.91. The van der Waals surface area contributed by atoms with Crippen molar-refractivity contribution in [3.63, 3.8) is 0 Å². The first-order chi connectivity index (χ1) is 9.27. The summed E-state index contributed by atoms with van der Waals surface area (Å²) in [6.45, 7) is 4.35. The van der Waals surface area contributed by atoms with E-state index in [1.807, 2.05) is 0 Å². The number of nitrogens with zero attached hydrogens (tertiary/aromatic N) is 3. The summed E-state index contributed by atoms with van der Waals surface area (Å²) in [6, 6.07) is 5.20. The van der Waals surface area contributed by atoms with Crippen LogP contribution < -0.4 is 5.73 Å². The summed E-state index contributed by atoms with van der Waals surface area (Å²) in [5, 5.41) is 17.4. The monoisotopic (exact) mass is 292 g/mol. The largest absolute Gasteiger partial charge is 0.398 e. The molecule has 0 aromatic heterocycles. The van der Waals surface area contributed by atoms with Crippen molar-refractivity contribution in [3.05, 3.63) is 22.8 Å². The normalized spacial score (nSPS) is 11.1. The van der Waals surface area contributed by atoms with Crippen LogP contribution in [0.4, 0.5) is 5.69 Å². The van der Waals surface area contributed by atoms with Crippen LogP contribution in [0.2, 0.25) is 0 Å². The number of nitrogen functional groups attached to an aromatic ring is 1. The minimum Gasteiger partial charge on any atom is -0.398 e. The zero-order chi connectivity index (χ0) is 15.5. The molecule has 0 unspecified atom stereocenters. The van der Waals surface area contributed by atoms with Crippen LogP contribution in [0.25, 0.3) is 0 Å². The van der Waals surface area contributed by atoms with Crippen LogP contribution in [-0.2, 0) is 10.0 Å². The van der Waals surface area contributed by atoms with E-state index in [0.29, 0.717) is 16.8 Å². The minimum atomic E-state index is -3.92. The summed E-state index contributed by atoms with van der Waals surface area (Å²) in [6.07, 6.45) is 0. The zero-order valence-corrected chi connectivity index (χ0v) is 12.5. The van der Waals surface area contributed by atoms with Gasteiger partial charge in [0.25, 0.3) is 0 Å². The molecule has 0 bridgehead atoms. The molecule has 0 radical (unpaired) electrons. The van der Waals surface area contributed by atoms with E-state index in [0.717, 1.165) is 9.87 Å². The van der Waals surface area contributed by atoms with Crippen molar-refractivity contribution < 1.29 is 8.42 Å². The van der Waals surface area contributed by atoms with Gasteiger partial charge in [0.2, 0.25) is 10.0 Å². The molecule has 2 N–H and O–H groups in total. The summed E-state index contributed by atoms with van der Waals surface area (Å²) in [7, 11) is -3.92. The molecular weight excluding hydrogens is 276 g/mol. The van der Waals surface area contributed by atoms with Crippen molar-refractivity contribution in [2.75, 3.05) is 18.8 Å². The molecule has 106 valence electrons. The Balaban J connectivity index is 3.55. The van der Waals surface area contributed by atoms with Crippen molar-refractivity contribution in [1.82, 2.24) is 4.31 Å². The molecule has 0 aliphatic heterocycles. The van der Waals surface area contributed by atoms with Gasteiger partial charge >= 0.3 is 0 Å². The number of anilines is 1. The summed E-state index contributed by atoms with van der Waals surface area (Å²) in [5.74, 6) is 0. The Kier molecular flexibility index (Phi) is 4.72. The molecule has 0 atom stereocenters. The van der Waals surface area contributed by atoms with Crippen LogP contribution in [0.3, 0.4) is 0 Å². The highest BCUT2D eigenvalue weighted by Gasteiger charge is 2.28. The van der Waals surface area contributed by atoms with Crippen LogP contribution in [0.1, 0.15) is 16.7 Å². The maximum atomic E-state index is 12.6. The average Bonchev–Trinajstić information content (AvgIpc) is 2.35. The Labute approximate surface area is 119 Å². The highest BCUT2D eigenvalue weighted by Crippen LogP contribution is 2.30. The Morgan fingerprint density at radius 3 is 2.10 bits per heavy atom. The SMILES string of the molecule is Cc1cc(C)c(S(=O)(=O)N(CC#N)CC#N)c(C)c1N. The van der Waals surface area contributed by atoms with E-state index in [9.17, 15) is 8.42 Å². The standard InChI is InChI=1S/C13H16N4O2S/c1-9-8-10(2)13(11(3)12(9)16)20(18,19)17(6-4-14)7-5-15/h8H,6-7,16H2,1-3H3. The molecule has 0 heterocycles. The predicted molar refractivity (Wildman–Crippen MR) is 75.1 cm³/mol. The van der Waals surface area contributed by atoms with E-state index in [1.165, 1.54) is 0 Å². The Hall–Kier alpha value is -2.09. The van der Waals surface area contributed by atoms with Gasteiger partial charge in [0.15, 0.2) is 0 Å². The molecule has 1 rings (SSSR count). The summed E-state index contributed by atoms with van der Waals surface area (Å²) >= 11 is 0. The zero-order valence-electron chi connectivity index (χ0n) is 11.6. The lowest BCUT2D eigenvalue weighted by molar-refractivity contribution is 0.478. The number of aryl methyl sites for hydroxylation is 2. The van der Waals surface area contributed by atoms with Crippen molar-refractivity contribution >= 4 is 15.7 Å². The molecule has 7 heteroatoms. The van der Waals surface area contributed by atoms with E-state index in [2.05, 4.69) is 0 Å². The molecule has 0 spiro atoms. The lowest BCUT2D eigenvalue weighted by Crippen LogP contribution is -2.33. The molecule has 6 nitrogen and oxygen atoms in total. The van der Waals surface area contributed by atoms with Gasteiger partial charge in [-0.25, -0.2) is 8.42 Å². The molecule has 1 aromatic carbocycles. The van der Waals surface area contributed by atoms with Gasteiger partial charge in [0, 0.05) is 5.69 Å². The molecule has 0 fully saturated rings. The first-order valence-corrected chi connectivity index (χ1v) is 7.31. The van der Waals surface area contributed by atoms with Crippen LogP contribution in [0.5, 0.6) is 0 Å². The van der Waals surface area contributed by atoms with E-state index in [-0.39, 0.29) is 18.0 Å². The maximum Gasteiger partial charge on any atom is 0.245 e. The van der Waals surface area contributed by atoms with Gasteiger partial charge in [-0.15, -0.1) is 0 Å². The second-order valence-electron chi connectivity index (χ2n) is 4.47. The van der Waals surface area contributed by atoms with E-state index >= 15 is 0 Å². The number of sulfonamides is 1. The van der Waals surface area contributed by atoms with E-state index in [1.54, 1.807) is 39.0 Å². The van der Waals surface area contributed by atoms with Crippen LogP contribution in [0, 0.1) is 43.4 Å². The van der Waals surface area contributed by atoms with Gasteiger partial charge in [0.1, 0.15) is 13.1 Å². The van der Waals surface area contributed by atoms with E-state index < -0.39 is 10.0 Å². The number of rotatable bonds is 4. The Morgan fingerprint density at radius 2 is 1.65 bits per heavy atom. The molecule has 20 heavy (non-hydrogen) atoms. The van der Waals surface area contributed by atoms with Crippen molar-refractivity contribution in [3.8, 4) is 12.1 Å². The molecule has 1 aromatic rings. The number of hydrogen-bond donors (Lipinski definition) is 1. The van der Waals surface area contributed by atoms with Gasteiger partial charge in [0.05, 0.1) is 17.0 Å². The van der Waals surface area contributed by atoms with Gasteiger partial charge in [-0.05, 0) is 37.5 Å². The molecule has 0 aliphatic rings. The molecule has 0 saturated heterocycles. The van der Waals surface area contributed by atoms with Crippen LogP contribution in [0.15, 0.2) is 11.0 Å². The first-order valence-electron chi connectivity index (χ1n) is 5.87. The van der Waals surface area contributed by atoms with Gasteiger partial charge in [-0.3, -0.25) is 0 Å². The van der Waals surface area contributed by atoms with Gasteiger partial charge in [-0.2, -0.15) is 14.8 Å². The topological polar surface area (TPSA) is 111 Å². The maximum absolute atomic E-state index is 12.6. The van der Waals surface area contributed by atoms with Gasteiger partial charge < -0.3 is 5.73 Å². The highest BCUT2D eigenvalue weighted by atomic mass is 32.2. The fourth-order valence-corrected chi connectivity index (χ4v) is 3.77. The molecule has 0 aliphatic carbocycles. The van der Waals surface area contributed by atoms with E-state index in [4.69, 9.17) is 16.3 Å². The number of nitriles is 2. The fourth-order valence-electron chi connectivity index (χ4n) is 2.09. The molecule has 0 saturated carbocycles. The smallest absolute Gasteiger partial charge is 0.245 e. The molecular formula is C13H16N4O2S. The number of hydrogen-bond acceptors (Lipinski definition) is 5. The second-order valence-corrected chi connectivity index (χ2v) is 6.34. The highest BCUT2D eigenvalue weighted by molar-refractivity contribution is 7.89. The first kappa shape index (κ1) is 16.0. The average molecular weight is 292 g/mol. The summed E-state index contributed by atoms with van der Waals surface area (Å²) < 4.78 is 26.0. The lowest BCUT2D eigenvalue weighted by Gasteiger charge is -2.21. The minimum absolute atomic E-state index is 0.0751. The third kappa shape index (κ3) is 2.74. The Morgan fingerprint density at radius 1 is 1.15 bits per heavy atom. The summed E-state index contributed by atoms with van der Waals surface area (Å²) in [4.78, 5) is 0.0751. The molecule has 0 amide bonds. The quantitative estimate of drug-likeness (QED) is 0.662. The van der Waals surface area contributed by atoms with Crippen molar-refractivity contribution in [1.29, 1.82) is 10.5 Å².